The molecule has 1 aliphatic rings. The van der Waals surface area contributed by atoms with Crippen LogP contribution in [0.3, 0.4) is 0 Å². The monoisotopic (exact) mass is 241 g/mol. The minimum atomic E-state index is 0.597. The van der Waals surface area contributed by atoms with Gasteiger partial charge in [-0.15, -0.1) is 0 Å². The molecule has 0 fully saturated rings. The molecule has 0 amide bonds. The van der Waals surface area contributed by atoms with Gasteiger partial charge in [0.2, 0.25) is 0 Å². The van der Waals surface area contributed by atoms with E-state index in [0.29, 0.717) is 13.2 Å². The maximum Gasteiger partial charge on any atom is 0.165 e. The fourth-order valence-corrected chi connectivity index (χ4v) is 2.07. The van der Waals surface area contributed by atoms with Crippen LogP contribution in [0.1, 0.15) is 11.1 Å². The highest BCUT2D eigenvalue weighted by molar-refractivity contribution is 6.32. The molecule has 1 N–H and O–H groups in total. The quantitative estimate of drug-likeness (QED) is 0.880. The fourth-order valence-electron chi connectivity index (χ4n) is 1.84. The Morgan fingerprint density at radius 3 is 2.88 bits per heavy atom. The predicted octanol–water partition coefficient (Wildman–Crippen LogP) is 2.18. The lowest BCUT2D eigenvalue weighted by Gasteiger charge is -2.22. The zero-order valence-corrected chi connectivity index (χ0v) is 10.4. The Hall–Kier alpha value is -0.930. The van der Waals surface area contributed by atoms with Crippen molar-refractivity contribution in [1.82, 2.24) is 5.32 Å². The number of fused-ring (bicyclic) bond motifs is 1. The number of likely N-dealkylation sites (N-methyl/N-ethyl adjacent to an activating group) is 1. The molecule has 0 radical (unpaired) electrons. The van der Waals surface area contributed by atoms with Crippen molar-refractivity contribution in [2.45, 2.75) is 13.3 Å². The summed E-state index contributed by atoms with van der Waals surface area (Å²) >= 11 is 6.30. The van der Waals surface area contributed by atoms with E-state index in [4.69, 9.17) is 21.1 Å². The van der Waals surface area contributed by atoms with Crippen molar-refractivity contribution < 1.29 is 9.47 Å². The number of halogens is 1. The zero-order chi connectivity index (χ0) is 11.5. The Balaban J connectivity index is 2.36. The number of hydrogen-bond acceptors (Lipinski definition) is 3. The van der Waals surface area contributed by atoms with E-state index >= 15 is 0 Å². The smallest absolute Gasteiger partial charge is 0.165 e. The molecule has 2 rings (SSSR count). The molecule has 1 aromatic rings. The lowest BCUT2D eigenvalue weighted by atomic mass is 10.1. The van der Waals surface area contributed by atoms with Crippen LogP contribution < -0.4 is 14.8 Å². The molecule has 0 saturated heterocycles. The average Bonchev–Trinajstić information content (AvgIpc) is 2.32. The van der Waals surface area contributed by atoms with Crippen LogP contribution in [0.25, 0.3) is 0 Å². The topological polar surface area (TPSA) is 30.5 Å². The second kappa shape index (κ2) is 4.93. The molecule has 4 heteroatoms. The normalized spacial score (nSPS) is 13.9. The van der Waals surface area contributed by atoms with Gasteiger partial charge in [-0.25, -0.2) is 0 Å². The van der Waals surface area contributed by atoms with Crippen LogP contribution in [0.5, 0.6) is 11.5 Å². The van der Waals surface area contributed by atoms with Crippen molar-refractivity contribution in [3.8, 4) is 11.5 Å². The predicted molar refractivity (Wildman–Crippen MR) is 64.8 cm³/mol. The third kappa shape index (κ3) is 2.11. The first kappa shape index (κ1) is 11.6. The van der Waals surface area contributed by atoms with E-state index in [1.54, 1.807) is 0 Å². The first-order valence-corrected chi connectivity index (χ1v) is 5.84. The van der Waals surface area contributed by atoms with E-state index in [1.807, 2.05) is 20.0 Å². The third-order valence-electron chi connectivity index (χ3n) is 2.71. The van der Waals surface area contributed by atoms with Gasteiger partial charge in [-0.05, 0) is 38.6 Å². The van der Waals surface area contributed by atoms with Gasteiger partial charge in [0.1, 0.15) is 13.2 Å². The third-order valence-corrected chi connectivity index (χ3v) is 3.24. The van der Waals surface area contributed by atoms with Crippen molar-refractivity contribution >= 4 is 11.6 Å². The summed E-state index contributed by atoms with van der Waals surface area (Å²) in [6.07, 6.45) is 0.896. The van der Waals surface area contributed by atoms with Crippen LogP contribution in [-0.2, 0) is 6.42 Å². The largest absolute Gasteiger partial charge is 0.486 e. The second-order valence-electron chi connectivity index (χ2n) is 3.85. The number of ether oxygens (including phenoxy) is 2. The van der Waals surface area contributed by atoms with Gasteiger partial charge in [-0.2, -0.15) is 0 Å². The summed E-state index contributed by atoms with van der Waals surface area (Å²) in [5.74, 6) is 1.61. The van der Waals surface area contributed by atoms with Gasteiger partial charge in [0.25, 0.3) is 0 Å². The number of hydrogen-bond donors (Lipinski definition) is 1. The van der Waals surface area contributed by atoms with Gasteiger partial charge in [0, 0.05) is 5.56 Å². The van der Waals surface area contributed by atoms with E-state index in [-0.39, 0.29) is 0 Å². The molecule has 0 saturated carbocycles. The van der Waals surface area contributed by atoms with Gasteiger partial charge in [-0.3, -0.25) is 0 Å². The standard InChI is InChI=1S/C12H16ClNO2/c1-8-11(13)9(3-4-14-2)7-10-12(8)16-6-5-15-10/h7,14H,3-6H2,1-2H3. The molecular formula is C12H16ClNO2. The molecule has 0 aliphatic carbocycles. The van der Waals surface area contributed by atoms with Crippen molar-refractivity contribution in [2.75, 3.05) is 26.8 Å². The summed E-state index contributed by atoms with van der Waals surface area (Å²) in [4.78, 5) is 0. The fraction of sp³-hybridized carbons (Fsp3) is 0.500. The van der Waals surface area contributed by atoms with Crippen LogP contribution in [0.2, 0.25) is 5.02 Å². The summed E-state index contributed by atoms with van der Waals surface area (Å²) in [5, 5.41) is 3.90. The molecule has 1 aliphatic heterocycles. The van der Waals surface area contributed by atoms with Crippen molar-refractivity contribution in [1.29, 1.82) is 0 Å². The molecule has 0 unspecified atom stereocenters. The van der Waals surface area contributed by atoms with Gasteiger partial charge >= 0.3 is 0 Å². The molecule has 1 heterocycles. The van der Waals surface area contributed by atoms with E-state index < -0.39 is 0 Å². The summed E-state index contributed by atoms with van der Waals surface area (Å²) in [7, 11) is 1.93. The van der Waals surface area contributed by atoms with Gasteiger partial charge in [-0.1, -0.05) is 11.6 Å². The molecule has 0 atom stereocenters. The molecular weight excluding hydrogens is 226 g/mol. The number of rotatable bonds is 3. The van der Waals surface area contributed by atoms with Crippen LogP contribution in [0, 0.1) is 6.92 Å². The minimum absolute atomic E-state index is 0.597. The van der Waals surface area contributed by atoms with Crippen molar-refractivity contribution in [2.24, 2.45) is 0 Å². The maximum absolute atomic E-state index is 6.30. The zero-order valence-electron chi connectivity index (χ0n) is 9.60. The molecule has 0 bridgehead atoms. The highest BCUT2D eigenvalue weighted by Gasteiger charge is 2.19. The van der Waals surface area contributed by atoms with E-state index in [2.05, 4.69) is 5.32 Å². The Morgan fingerprint density at radius 1 is 1.38 bits per heavy atom. The summed E-state index contributed by atoms with van der Waals surface area (Å²) in [6, 6.07) is 1.99. The molecule has 3 nitrogen and oxygen atoms in total. The number of benzene rings is 1. The van der Waals surface area contributed by atoms with Crippen LogP contribution in [0.15, 0.2) is 6.07 Å². The van der Waals surface area contributed by atoms with Gasteiger partial charge < -0.3 is 14.8 Å². The summed E-state index contributed by atoms with van der Waals surface area (Å²) in [5.41, 5.74) is 2.09. The Kier molecular flexibility index (Phi) is 3.56. The maximum atomic E-state index is 6.30. The Morgan fingerprint density at radius 2 is 2.12 bits per heavy atom. The molecule has 88 valence electrons. The summed E-state index contributed by atoms with van der Waals surface area (Å²) in [6.45, 7) is 4.08. The first-order chi connectivity index (χ1) is 7.74. The molecule has 0 spiro atoms. The first-order valence-electron chi connectivity index (χ1n) is 5.46. The number of nitrogens with one attached hydrogen (secondary N) is 1. The Labute approximate surface area is 101 Å². The van der Waals surface area contributed by atoms with E-state index in [1.165, 1.54) is 0 Å². The molecule has 0 aromatic heterocycles. The van der Waals surface area contributed by atoms with Crippen molar-refractivity contribution in [3.05, 3.63) is 22.2 Å². The minimum Gasteiger partial charge on any atom is -0.486 e. The summed E-state index contributed by atoms with van der Waals surface area (Å²) < 4.78 is 11.1. The lowest BCUT2D eigenvalue weighted by Crippen LogP contribution is -2.17. The SMILES string of the molecule is CNCCc1cc2c(c(C)c1Cl)OCCO2. The molecule has 16 heavy (non-hydrogen) atoms. The van der Waals surface area contributed by atoms with Crippen LogP contribution >= 0.6 is 11.6 Å². The van der Waals surface area contributed by atoms with Gasteiger partial charge in [0.15, 0.2) is 11.5 Å². The second-order valence-corrected chi connectivity index (χ2v) is 4.23. The highest BCUT2D eigenvalue weighted by atomic mass is 35.5. The van der Waals surface area contributed by atoms with E-state index in [0.717, 1.165) is 40.6 Å². The van der Waals surface area contributed by atoms with Gasteiger partial charge in [0.05, 0.1) is 5.02 Å². The van der Waals surface area contributed by atoms with Crippen molar-refractivity contribution in [3.63, 3.8) is 0 Å². The Bertz CT molecular complexity index is 393. The average molecular weight is 242 g/mol. The van der Waals surface area contributed by atoms with E-state index in [9.17, 15) is 0 Å². The van der Waals surface area contributed by atoms with Crippen LogP contribution in [0.4, 0.5) is 0 Å². The molecule has 1 aromatic carbocycles. The lowest BCUT2D eigenvalue weighted by molar-refractivity contribution is 0.170. The highest BCUT2D eigenvalue weighted by Crippen LogP contribution is 2.39. The van der Waals surface area contributed by atoms with Crippen LogP contribution in [-0.4, -0.2) is 26.8 Å².